The zero-order chi connectivity index (χ0) is 36.2. The number of hydrogen-bond donors (Lipinski definition) is 1. The van der Waals surface area contributed by atoms with Crippen molar-refractivity contribution in [2.75, 3.05) is 20.3 Å². The zero-order valence-corrected chi connectivity index (χ0v) is 28.5. The van der Waals surface area contributed by atoms with Gasteiger partial charge >= 0.3 is 23.9 Å². The molecule has 274 valence electrons. The smallest absolute Gasteiger partial charge is 0.303 e. The maximum absolute atomic E-state index is 12.3. The molecular weight excluding hydrogens is 660 g/mol. The summed E-state index contributed by atoms with van der Waals surface area (Å²) in [5, 5.41) is 11.7. The molecule has 10 atom stereocenters. The fraction of sp³-hybridized carbons (Fsp3) is 0.543. The van der Waals surface area contributed by atoms with Gasteiger partial charge in [-0.05, 0) is 11.1 Å². The molecule has 15 heteroatoms. The van der Waals surface area contributed by atoms with E-state index in [1.807, 2.05) is 60.7 Å². The quantitative estimate of drug-likeness (QED) is 0.210. The van der Waals surface area contributed by atoms with Gasteiger partial charge in [0, 0.05) is 34.8 Å². The Kier molecular flexibility index (Phi) is 14.7. The number of aliphatic hydroxyl groups excluding tert-OH is 1. The lowest BCUT2D eigenvalue weighted by atomic mass is 9.97. The maximum atomic E-state index is 12.3. The third-order valence-electron chi connectivity index (χ3n) is 7.79. The second-order valence-corrected chi connectivity index (χ2v) is 11.7. The fourth-order valence-corrected chi connectivity index (χ4v) is 5.65. The van der Waals surface area contributed by atoms with E-state index in [2.05, 4.69) is 0 Å². The van der Waals surface area contributed by atoms with Gasteiger partial charge in [0.2, 0.25) is 0 Å². The standard InChI is InChI=1S/C35H44O15/c1-20(36)42-18-27-30(46-21(2)37)32(47-22(3)38)33(48-23(4)39)35(50-27)45-19-26-29(43-16-24-12-8-6-9-13-24)28(40)31(34(41-5)49-26)44-17-25-14-10-7-11-15-25/h6-15,26-35,40H,16-19H2,1-5H3/t26-,27-,28+,29-,30-,31+,32+,33+,34+,35+/m1/s1. The summed E-state index contributed by atoms with van der Waals surface area (Å²) in [7, 11) is 1.40. The van der Waals surface area contributed by atoms with E-state index in [0.29, 0.717) is 0 Å². The van der Waals surface area contributed by atoms with Gasteiger partial charge in [0.15, 0.2) is 30.9 Å². The first-order chi connectivity index (χ1) is 24.0. The van der Waals surface area contributed by atoms with E-state index in [1.165, 1.54) is 14.0 Å². The molecular formula is C35H44O15. The Hall–Kier alpha value is -3.96. The van der Waals surface area contributed by atoms with Crippen LogP contribution < -0.4 is 0 Å². The van der Waals surface area contributed by atoms with Gasteiger partial charge in [-0.15, -0.1) is 0 Å². The first-order valence-corrected chi connectivity index (χ1v) is 16.1. The zero-order valence-electron chi connectivity index (χ0n) is 28.5. The number of benzene rings is 2. The largest absolute Gasteiger partial charge is 0.463 e. The van der Waals surface area contributed by atoms with Crippen LogP contribution in [0.1, 0.15) is 38.8 Å². The van der Waals surface area contributed by atoms with E-state index in [4.69, 9.17) is 47.4 Å². The first kappa shape index (κ1) is 38.8. The highest BCUT2D eigenvalue weighted by atomic mass is 16.8. The van der Waals surface area contributed by atoms with E-state index in [-0.39, 0.29) is 19.8 Å². The van der Waals surface area contributed by atoms with Crippen molar-refractivity contribution in [1.29, 1.82) is 0 Å². The molecule has 15 nitrogen and oxygen atoms in total. The molecule has 2 aliphatic rings. The molecule has 0 bridgehead atoms. The van der Waals surface area contributed by atoms with Crippen LogP contribution in [0.4, 0.5) is 0 Å². The van der Waals surface area contributed by atoms with Crippen molar-refractivity contribution in [2.24, 2.45) is 0 Å². The SMILES string of the molecule is CO[C@H]1O[C@H](CO[C@H]2O[C@H](COC(C)=O)[C@@H](OC(C)=O)[C@H](OC(C)=O)[C@@H]2OC(C)=O)[C@@H](OCc2ccccc2)[C@H](O)[C@@H]1OCc1ccccc1. The van der Waals surface area contributed by atoms with E-state index in [1.54, 1.807) is 0 Å². The van der Waals surface area contributed by atoms with E-state index < -0.39 is 91.9 Å². The molecule has 2 aromatic carbocycles. The van der Waals surface area contributed by atoms with Crippen LogP contribution in [0.15, 0.2) is 60.7 Å². The van der Waals surface area contributed by atoms with Crippen molar-refractivity contribution in [3.05, 3.63) is 71.8 Å². The van der Waals surface area contributed by atoms with Crippen molar-refractivity contribution in [2.45, 2.75) is 102 Å². The Bertz CT molecular complexity index is 1390. The summed E-state index contributed by atoms with van der Waals surface area (Å²) in [6, 6.07) is 18.7. The molecule has 0 saturated carbocycles. The number of methoxy groups -OCH3 is 1. The Labute approximate surface area is 289 Å². The van der Waals surface area contributed by atoms with Gasteiger partial charge in [0.25, 0.3) is 0 Å². The lowest BCUT2D eigenvalue weighted by molar-refractivity contribution is -0.338. The molecule has 0 unspecified atom stereocenters. The highest BCUT2D eigenvalue weighted by Gasteiger charge is 2.54. The fourth-order valence-electron chi connectivity index (χ4n) is 5.65. The van der Waals surface area contributed by atoms with Crippen molar-refractivity contribution >= 4 is 23.9 Å². The Morgan fingerprint density at radius 2 is 1.06 bits per heavy atom. The van der Waals surface area contributed by atoms with Crippen LogP contribution in [-0.2, 0) is 79.8 Å². The van der Waals surface area contributed by atoms with Crippen molar-refractivity contribution in [3.63, 3.8) is 0 Å². The van der Waals surface area contributed by atoms with Gasteiger partial charge < -0.3 is 52.5 Å². The van der Waals surface area contributed by atoms with Crippen LogP contribution in [-0.4, -0.2) is 111 Å². The Morgan fingerprint density at radius 3 is 1.58 bits per heavy atom. The molecule has 2 saturated heterocycles. The van der Waals surface area contributed by atoms with Gasteiger partial charge in [-0.2, -0.15) is 0 Å². The van der Waals surface area contributed by atoms with Gasteiger partial charge in [0.05, 0.1) is 19.8 Å². The minimum atomic E-state index is -1.47. The number of carbonyl (C=O) groups is 4. The molecule has 0 aromatic heterocycles. The highest BCUT2D eigenvalue weighted by Crippen LogP contribution is 2.32. The lowest BCUT2D eigenvalue weighted by Gasteiger charge is -2.46. The summed E-state index contributed by atoms with van der Waals surface area (Å²) in [5.41, 5.74) is 1.69. The average molecular weight is 705 g/mol. The molecule has 2 aliphatic heterocycles. The first-order valence-electron chi connectivity index (χ1n) is 16.1. The minimum Gasteiger partial charge on any atom is -0.463 e. The number of hydrogen-bond acceptors (Lipinski definition) is 15. The normalized spacial score (nSPS) is 29.4. The molecule has 2 aromatic rings. The van der Waals surface area contributed by atoms with Gasteiger partial charge in [0.1, 0.15) is 37.1 Å². The third kappa shape index (κ3) is 11.0. The molecule has 1 N–H and O–H groups in total. The van der Waals surface area contributed by atoms with E-state index >= 15 is 0 Å². The summed E-state index contributed by atoms with van der Waals surface area (Å²) < 4.78 is 57.9. The van der Waals surface area contributed by atoms with Crippen molar-refractivity contribution in [1.82, 2.24) is 0 Å². The predicted octanol–water partition coefficient (Wildman–Crippen LogP) is 1.99. The number of ether oxygens (including phenoxy) is 10. The topological polar surface area (TPSA) is 181 Å². The van der Waals surface area contributed by atoms with E-state index in [0.717, 1.165) is 31.9 Å². The van der Waals surface area contributed by atoms with Gasteiger partial charge in [-0.1, -0.05) is 60.7 Å². The van der Waals surface area contributed by atoms with Crippen LogP contribution in [0.3, 0.4) is 0 Å². The van der Waals surface area contributed by atoms with Gasteiger partial charge in [-0.25, -0.2) is 0 Å². The maximum Gasteiger partial charge on any atom is 0.303 e. The second-order valence-electron chi connectivity index (χ2n) is 11.7. The molecule has 0 amide bonds. The molecule has 0 radical (unpaired) electrons. The second kappa shape index (κ2) is 18.9. The van der Waals surface area contributed by atoms with Crippen molar-refractivity contribution < 1.29 is 71.7 Å². The summed E-state index contributed by atoms with van der Waals surface area (Å²) in [4.78, 5) is 48.2. The summed E-state index contributed by atoms with van der Waals surface area (Å²) in [5.74, 6) is -2.98. The van der Waals surface area contributed by atoms with Crippen LogP contribution in [0.25, 0.3) is 0 Å². The molecule has 2 fully saturated rings. The lowest BCUT2D eigenvalue weighted by Crippen LogP contribution is -2.64. The molecule has 50 heavy (non-hydrogen) atoms. The van der Waals surface area contributed by atoms with E-state index in [9.17, 15) is 24.3 Å². The summed E-state index contributed by atoms with van der Waals surface area (Å²) in [6.45, 7) is 4.04. The number of carbonyl (C=O) groups excluding carboxylic acids is 4. The molecule has 4 rings (SSSR count). The average Bonchev–Trinajstić information content (AvgIpc) is 3.07. The Balaban J connectivity index is 1.60. The van der Waals surface area contributed by atoms with Crippen LogP contribution in [0, 0.1) is 0 Å². The monoisotopic (exact) mass is 704 g/mol. The van der Waals surface area contributed by atoms with Crippen LogP contribution in [0.2, 0.25) is 0 Å². The highest BCUT2D eigenvalue weighted by molar-refractivity contribution is 5.68. The summed E-state index contributed by atoms with van der Waals surface area (Å²) in [6.07, 6.45) is -12.3. The summed E-state index contributed by atoms with van der Waals surface area (Å²) >= 11 is 0. The number of rotatable bonds is 15. The minimum absolute atomic E-state index is 0.102. The molecule has 0 spiro atoms. The third-order valence-corrected chi connectivity index (χ3v) is 7.79. The predicted molar refractivity (Wildman–Crippen MR) is 170 cm³/mol. The van der Waals surface area contributed by atoms with Gasteiger partial charge in [-0.3, -0.25) is 19.2 Å². The number of esters is 4. The van der Waals surface area contributed by atoms with Crippen molar-refractivity contribution in [3.8, 4) is 0 Å². The molecule has 0 aliphatic carbocycles. The van der Waals surface area contributed by atoms with Crippen LogP contribution >= 0.6 is 0 Å². The number of aliphatic hydroxyl groups is 1. The van der Waals surface area contributed by atoms with Crippen LogP contribution in [0.5, 0.6) is 0 Å². The molecule has 2 heterocycles. The Morgan fingerprint density at radius 1 is 0.580 bits per heavy atom.